The van der Waals surface area contributed by atoms with E-state index in [1.807, 2.05) is 12.1 Å². The fraction of sp³-hybridized carbons (Fsp3) is 0.355. The minimum atomic E-state index is 0.463. The summed E-state index contributed by atoms with van der Waals surface area (Å²) in [6.45, 7) is 4.37. The van der Waals surface area contributed by atoms with Gasteiger partial charge in [0.15, 0.2) is 0 Å². The minimum Gasteiger partial charge on any atom is -0.487 e. The topological polar surface area (TPSA) is 78.8 Å². The Bertz CT molecular complexity index is 1470. The van der Waals surface area contributed by atoms with Gasteiger partial charge < -0.3 is 14.5 Å². The van der Waals surface area contributed by atoms with Crippen LogP contribution in [-0.4, -0.2) is 47.3 Å². The molecule has 3 aromatic carbocycles. The summed E-state index contributed by atoms with van der Waals surface area (Å²) < 4.78 is 7.92. The normalized spacial score (nSPS) is 16.0. The summed E-state index contributed by atoms with van der Waals surface area (Å²) in [4.78, 5) is 18.8. The number of aromatic nitrogens is 3. The van der Waals surface area contributed by atoms with Crippen molar-refractivity contribution in [3.8, 4) is 5.75 Å². The van der Waals surface area contributed by atoms with Crippen molar-refractivity contribution in [2.24, 2.45) is 5.10 Å². The van der Waals surface area contributed by atoms with Crippen molar-refractivity contribution in [3.63, 3.8) is 0 Å². The third-order valence-corrected chi connectivity index (χ3v) is 8.72. The van der Waals surface area contributed by atoms with Gasteiger partial charge >= 0.3 is 0 Å². The Labute approximate surface area is 257 Å². The van der Waals surface area contributed by atoms with Gasteiger partial charge in [0.1, 0.15) is 12.4 Å². The molecule has 41 heavy (non-hydrogen) atoms. The second-order valence-corrected chi connectivity index (χ2v) is 12.2. The maximum atomic E-state index is 6.24. The van der Waals surface area contributed by atoms with Crippen LogP contribution in [0.25, 0.3) is 10.8 Å². The molecular weight excluding hydrogens is 646 g/mol. The zero-order chi connectivity index (χ0) is 28.0. The molecule has 0 saturated carbocycles. The molecule has 0 spiro atoms. The summed E-state index contributed by atoms with van der Waals surface area (Å²) in [5.74, 6) is 2.68. The summed E-state index contributed by atoms with van der Waals surface area (Å²) in [5.41, 5.74) is 5.10. The summed E-state index contributed by atoms with van der Waals surface area (Å²) in [6.07, 6.45) is 8.93. The predicted octanol–water partition coefficient (Wildman–Crippen LogP) is 7.56. The highest BCUT2D eigenvalue weighted by atomic mass is 79.9. The van der Waals surface area contributed by atoms with Gasteiger partial charge in [0.25, 0.3) is 0 Å². The average molecular weight is 679 g/mol. The standard InChI is InChI=1S/C31H33Br2N7O/c32-26-18-22(19-27(33)28(26)41-21-24-12-9-11-23-10-3-4-13-25(23)24)20-34-38-29-35-30(39-14-5-1-6-15-39)37-31(36-29)40-16-7-2-8-17-40/h3-4,9-13,18-20H,1-2,5-8,14-17,21H2,(H,35,36,37,38)/b34-20-. The fourth-order valence-corrected chi connectivity index (χ4v) is 6.85. The Hall–Kier alpha value is -3.24. The molecule has 0 unspecified atom stereocenters. The molecule has 3 heterocycles. The molecule has 0 aliphatic carbocycles. The van der Waals surface area contributed by atoms with Gasteiger partial charge in [0, 0.05) is 26.2 Å². The molecule has 0 radical (unpaired) electrons. The van der Waals surface area contributed by atoms with Crippen LogP contribution < -0.4 is 20.0 Å². The Kier molecular flexibility index (Phi) is 8.96. The lowest BCUT2D eigenvalue weighted by Crippen LogP contribution is -2.34. The van der Waals surface area contributed by atoms with Crippen LogP contribution in [0.2, 0.25) is 0 Å². The van der Waals surface area contributed by atoms with Crippen LogP contribution in [0.3, 0.4) is 0 Å². The van der Waals surface area contributed by atoms with Crippen LogP contribution in [0.1, 0.15) is 49.7 Å². The number of nitrogens with one attached hydrogen (secondary N) is 1. The van der Waals surface area contributed by atoms with Crippen molar-refractivity contribution < 1.29 is 4.74 Å². The first-order valence-electron chi connectivity index (χ1n) is 14.3. The van der Waals surface area contributed by atoms with Gasteiger partial charge in [-0.05, 0) is 104 Å². The maximum absolute atomic E-state index is 6.24. The molecule has 0 atom stereocenters. The maximum Gasteiger partial charge on any atom is 0.250 e. The third kappa shape index (κ3) is 6.81. The zero-order valence-corrected chi connectivity index (χ0v) is 26.1. The Morgan fingerprint density at radius 1 is 0.780 bits per heavy atom. The van der Waals surface area contributed by atoms with Crippen LogP contribution in [0, 0.1) is 0 Å². The number of anilines is 3. The Balaban J connectivity index is 1.16. The van der Waals surface area contributed by atoms with E-state index in [1.54, 1.807) is 6.21 Å². The second-order valence-electron chi connectivity index (χ2n) is 10.5. The molecule has 2 aliphatic rings. The smallest absolute Gasteiger partial charge is 0.250 e. The molecular formula is C31H33Br2N7O. The quantitative estimate of drug-likeness (QED) is 0.152. The monoisotopic (exact) mass is 677 g/mol. The van der Waals surface area contributed by atoms with E-state index in [4.69, 9.17) is 19.7 Å². The number of fused-ring (bicyclic) bond motifs is 1. The van der Waals surface area contributed by atoms with Crippen molar-refractivity contribution in [2.45, 2.75) is 45.1 Å². The Morgan fingerprint density at radius 3 is 2.05 bits per heavy atom. The highest BCUT2D eigenvalue weighted by molar-refractivity contribution is 9.11. The molecule has 0 amide bonds. The summed E-state index contributed by atoms with van der Waals surface area (Å²) >= 11 is 7.37. The van der Waals surface area contributed by atoms with E-state index >= 15 is 0 Å². The van der Waals surface area contributed by atoms with Crippen LogP contribution in [-0.2, 0) is 6.61 Å². The number of hydrogen-bond acceptors (Lipinski definition) is 8. The van der Waals surface area contributed by atoms with Gasteiger partial charge in [-0.2, -0.15) is 20.1 Å². The molecule has 2 saturated heterocycles. The molecule has 212 valence electrons. The van der Waals surface area contributed by atoms with E-state index in [2.05, 4.69) is 94.7 Å². The van der Waals surface area contributed by atoms with E-state index in [0.717, 1.165) is 89.6 Å². The molecule has 2 aliphatic heterocycles. The first kappa shape index (κ1) is 27.9. The lowest BCUT2D eigenvalue weighted by molar-refractivity contribution is 0.303. The zero-order valence-electron chi connectivity index (χ0n) is 22.9. The number of halogens is 2. The predicted molar refractivity (Wildman–Crippen MR) is 173 cm³/mol. The van der Waals surface area contributed by atoms with E-state index in [-0.39, 0.29) is 0 Å². The van der Waals surface area contributed by atoms with Crippen molar-refractivity contribution in [3.05, 3.63) is 74.7 Å². The van der Waals surface area contributed by atoms with E-state index < -0.39 is 0 Å². The van der Waals surface area contributed by atoms with Crippen LogP contribution in [0.5, 0.6) is 5.75 Å². The van der Waals surface area contributed by atoms with Gasteiger partial charge in [-0.1, -0.05) is 42.5 Å². The highest BCUT2D eigenvalue weighted by Gasteiger charge is 2.20. The summed E-state index contributed by atoms with van der Waals surface area (Å²) in [5, 5.41) is 6.88. The molecule has 1 aromatic heterocycles. The fourth-order valence-electron chi connectivity index (χ4n) is 5.40. The SMILES string of the molecule is Brc1cc(/C=N\Nc2nc(N3CCCCC3)nc(N3CCCCC3)n2)cc(Br)c1OCc1cccc2ccccc12. The average Bonchev–Trinajstić information content (AvgIpc) is 3.01. The number of nitrogens with zero attached hydrogens (tertiary/aromatic N) is 6. The number of ether oxygens (including phenoxy) is 1. The van der Waals surface area contributed by atoms with Gasteiger partial charge in [-0.15, -0.1) is 0 Å². The van der Waals surface area contributed by atoms with Gasteiger partial charge in [0.2, 0.25) is 17.8 Å². The molecule has 6 rings (SSSR count). The van der Waals surface area contributed by atoms with Crippen LogP contribution >= 0.6 is 31.9 Å². The van der Waals surface area contributed by atoms with E-state index in [0.29, 0.717) is 12.6 Å². The molecule has 4 aromatic rings. The van der Waals surface area contributed by atoms with Crippen molar-refractivity contribution >= 4 is 66.7 Å². The largest absolute Gasteiger partial charge is 0.487 e. The van der Waals surface area contributed by atoms with Crippen molar-refractivity contribution in [1.82, 2.24) is 15.0 Å². The number of piperidine rings is 2. The number of benzene rings is 3. The molecule has 1 N–H and O–H groups in total. The lowest BCUT2D eigenvalue weighted by atomic mass is 10.1. The summed E-state index contributed by atoms with van der Waals surface area (Å²) in [6, 6.07) is 18.6. The van der Waals surface area contributed by atoms with Crippen molar-refractivity contribution in [1.29, 1.82) is 0 Å². The lowest BCUT2D eigenvalue weighted by Gasteiger charge is -2.30. The minimum absolute atomic E-state index is 0.463. The first-order valence-corrected chi connectivity index (χ1v) is 15.9. The van der Waals surface area contributed by atoms with Crippen LogP contribution in [0.15, 0.2) is 68.6 Å². The van der Waals surface area contributed by atoms with Gasteiger partial charge in [0.05, 0.1) is 15.2 Å². The van der Waals surface area contributed by atoms with Crippen molar-refractivity contribution in [2.75, 3.05) is 41.4 Å². The highest BCUT2D eigenvalue weighted by Crippen LogP contribution is 2.35. The molecule has 0 bridgehead atoms. The van der Waals surface area contributed by atoms with E-state index in [1.165, 1.54) is 23.6 Å². The van der Waals surface area contributed by atoms with E-state index in [9.17, 15) is 0 Å². The number of rotatable bonds is 8. The number of hydrazone groups is 1. The third-order valence-electron chi connectivity index (χ3n) is 7.54. The van der Waals surface area contributed by atoms with Gasteiger partial charge in [-0.25, -0.2) is 5.43 Å². The number of hydrogen-bond donors (Lipinski definition) is 1. The first-order chi connectivity index (χ1) is 20.1. The van der Waals surface area contributed by atoms with Gasteiger partial charge in [-0.3, -0.25) is 0 Å². The summed E-state index contributed by atoms with van der Waals surface area (Å²) in [7, 11) is 0. The molecule has 10 heteroatoms. The Morgan fingerprint density at radius 2 is 1.39 bits per heavy atom. The molecule has 8 nitrogen and oxygen atoms in total. The second kappa shape index (κ2) is 13.2. The van der Waals surface area contributed by atoms with Crippen LogP contribution in [0.4, 0.5) is 17.8 Å². The molecule has 2 fully saturated rings.